The van der Waals surface area contributed by atoms with Crippen molar-refractivity contribution >= 4 is 11.0 Å². The number of aromatic nitrogens is 2. The smallest absolute Gasteiger partial charge is 0.230 e. The van der Waals surface area contributed by atoms with Gasteiger partial charge in [-0.25, -0.2) is 9.13 Å². The van der Waals surface area contributed by atoms with Crippen molar-refractivity contribution in [3.63, 3.8) is 0 Å². The molecule has 0 fully saturated rings. The first kappa shape index (κ1) is 22.0. The molecule has 0 saturated carbocycles. The molecule has 0 radical (unpaired) electrons. The minimum Gasteiger partial charge on any atom is -0.230 e. The van der Waals surface area contributed by atoms with Gasteiger partial charge in [0.25, 0.3) is 0 Å². The molecule has 2 heteroatoms. The van der Waals surface area contributed by atoms with Crippen LogP contribution in [0.1, 0.15) is 104 Å². The van der Waals surface area contributed by atoms with Crippen LogP contribution in [0, 0.1) is 0 Å². The predicted molar refractivity (Wildman–Crippen MR) is 118 cm³/mol. The van der Waals surface area contributed by atoms with Crippen molar-refractivity contribution in [3.8, 4) is 0 Å². The van der Waals surface area contributed by atoms with Gasteiger partial charge in [0.05, 0.1) is 13.1 Å². The van der Waals surface area contributed by atoms with Crippen molar-refractivity contribution < 1.29 is 4.57 Å². The molecule has 0 N–H and O–H groups in total. The van der Waals surface area contributed by atoms with E-state index in [0.29, 0.717) is 0 Å². The quantitative estimate of drug-likeness (QED) is 0.214. The zero-order chi connectivity index (χ0) is 19.2. The molecule has 0 aliphatic carbocycles. The van der Waals surface area contributed by atoms with Crippen molar-refractivity contribution in [3.05, 3.63) is 30.6 Å². The van der Waals surface area contributed by atoms with Gasteiger partial charge >= 0.3 is 0 Å². The van der Waals surface area contributed by atoms with Crippen molar-refractivity contribution in [2.24, 2.45) is 0 Å². The number of imidazole rings is 1. The van der Waals surface area contributed by atoms with Crippen molar-refractivity contribution in [1.82, 2.24) is 4.57 Å². The van der Waals surface area contributed by atoms with Crippen LogP contribution in [0.25, 0.3) is 11.0 Å². The number of hydrogen-bond acceptors (Lipinski definition) is 0. The molecule has 0 bridgehead atoms. The van der Waals surface area contributed by atoms with Gasteiger partial charge in [-0.2, -0.15) is 0 Å². The second-order valence-corrected chi connectivity index (χ2v) is 8.23. The average molecular weight is 372 g/mol. The Kier molecular flexibility index (Phi) is 11.2. The summed E-state index contributed by atoms with van der Waals surface area (Å²) in [5.74, 6) is 0. The van der Waals surface area contributed by atoms with Crippen molar-refractivity contribution in [2.75, 3.05) is 0 Å². The Morgan fingerprint density at radius 3 is 1.89 bits per heavy atom. The summed E-state index contributed by atoms with van der Waals surface area (Å²) >= 11 is 0. The van der Waals surface area contributed by atoms with Gasteiger partial charge < -0.3 is 0 Å². The molecular weight excluding hydrogens is 328 g/mol. The number of para-hydroxylation sites is 2. The molecule has 0 aliphatic heterocycles. The Morgan fingerprint density at radius 1 is 0.667 bits per heavy atom. The molecule has 0 spiro atoms. The number of nitrogens with zero attached hydrogens (tertiary/aromatic N) is 2. The van der Waals surface area contributed by atoms with Crippen LogP contribution in [-0.4, -0.2) is 4.57 Å². The molecule has 0 saturated heterocycles. The summed E-state index contributed by atoms with van der Waals surface area (Å²) in [5.41, 5.74) is 2.82. The molecule has 1 aromatic carbocycles. The second-order valence-electron chi connectivity index (χ2n) is 8.23. The van der Waals surface area contributed by atoms with Crippen LogP contribution in [0.4, 0.5) is 0 Å². The highest BCUT2D eigenvalue weighted by Crippen LogP contribution is 2.14. The number of hydrogen-bond donors (Lipinski definition) is 0. The summed E-state index contributed by atoms with van der Waals surface area (Å²) in [5, 5.41) is 0. The minimum absolute atomic E-state index is 1.16. The standard InChI is InChI=1S/C25H43N2/c1-3-5-7-9-11-13-17-21-26-23-27(25-20-16-15-19-24(25)26)22-18-14-12-10-8-6-4-2/h15-16,19-20,23H,3-14,17-18,21-22H2,1-2H3/q+1. The topological polar surface area (TPSA) is 8.81 Å². The molecule has 27 heavy (non-hydrogen) atoms. The number of rotatable bonds is 16. The zero-order valence-electron chi connectivity index (χ0n) is 18.1. The van der Waals surface area contributed by atoms with E-state index in [0.717, 1.165) is 13.1 Å². The van der Waals surface area contributed by atoms with Crippen LogP contribution in [0.15, 0.2) is 30.6 Å². The third-order valence-electron chi connectivity index (χ3n) is 5.78. The lowest BCUT2D eigenvalue weighted by Crippen LogP contribution is -2.32. The van der Waals surface area contributed by atoms with E-state index in [2.05, 4.69) is 53.6 Å². The number of benzene rings is 1. The number of fused-ring (bicyclic) bond motifs is 1. The SMILES string of the molecule is CCCCCCCCCn1c[n+](CCCCCCCCC)c2ccccc21. The van der Waals surface area contributed by atoms with Crippen LogP contribution < -0.4 is 4.57 Å². The summed E-state index contributed by atoms with van der Waals surface area (Å²) in [4.78, 5) is 0. The molecular formula is C25H43N2+. The number of unbranched alkanes of at least 4 members (excludes halogenated alkanes) is 12. The van der Waals surface area contributed by atoms with Gasteiger partial charge in [-0.3, -0.25) is 0 Å². The Balaban J connectivity index is 1.76. The minimum atomic E-state index is 1.16. The van der Waals surface area contributed by atoms with E-state index in [1.165, 1.54) is 101 Å². The molecule has 0 aliphatic rings. The summed E-state index contributed by atoms with van der Waals surface area (Å²) < 4.78 is 4.98. The summed E-state index contributed by atoms with van der Waals surface area (Å²) in [7, 11) is 0. The van der Waals surface area contributed by atoms with E-state index < -0.39 is 0 Å². The molecule has 2 rings (SSSR count). The second kappa shape index (κ2) is 13.8. The predicted octanol–water partition coefficient (Wildman–Crippen LogP) is 7.43. The van der Waals surface area contributed by atoms with Crippen molar-refractivity contribution in [2.45, 2.75) is 117 Å². The molecule has 0 atom stereocenters. The van der Waals surface area contributed by atoms with Gasteiger partial charge in [0.2, 0.25) is 6.33 Å². The van der Waals surface area contributed by atoms with Crippen LogP contribution in [-0.2, 0) is 13.1 Å². The molecule has 0 unspecified atom stereocenters. The lowest BCUT2D eigenvalue weighted by Gasteiger charge is -2.01. The van der Waals surface area contributed by atoms with Crippen LogP contribution in [0.5, 0.6) is 0 Å². The largest absolute Gasteiger partial charge is 0.244 e. The maximum atomic E-state index is 2.49. The fourth-order valence-electron chi connectivity index (χ4n) is 4.08. The Bertz CT molecular complexity index is 562. The molecule has 2 aromatic rings. The lowest BCUT2D eigenvalue weighted by atomic mass is 10.1. The fourth-order valence-corrected chi connectivity index (χ4v) is 4.08. The third-order valence-corrected chi connectivity index (χ3v) is 5.78. The molecule has 152 valence electrons. The summed E-state index contributed by atoms with van der Waals surface area (Å²) in [6, 6.07) is 8.94. The molecule has 2 nitrogen and oxygen atoms in total. The Hall–Kier alpha value is -1.31. The van der Waals surface area contributed by atoms with Gasteiger partial charge in [0.1, 0.15) is 0 Å². The van der Waals surface area contributed by atoms with E-state index in [9.17, 15) is 0 Å². The van der Waals surface area contributed by atoms with Crippen LogP contribution in [0.3, 0.4) is 0 Å². The molecule has 0 amide bonds. The third kappa shape index (κ3) is 8.07. The fraction of sp³-hybridized carbons (Fsp3) is 0.720. The first-order chi connectivity index (χ1) is 13.4. The highest BCUT2D eigenvalue weighted by atomic mass is 15.1. The van der Waals surface area contributed by atoms with E-state index in [-0.39, 0.29) is 0 Å². The Morgan fingerprint density at radius 2 is 1.22 bits per heavy atom. The van der Waals surface area contributed by atoms with Crippen LogP contribution >= 0.6 is 0 Å². The maximum absolute atomic E-state index is 2.49. The summed E-state index contributed by atoms with van der Waals surface area (Å²) in [6.45, 7) is 6.91. The average Bonchev–Trinajstić information content (AvgIpc) is 3.04. The first-order valence-corrected chi connectivity index (χ1v) is 11.8. The van der Waals surface area contributed by atoms with E-state index in [4.69, 9.17) is 0 Å². The highest BCUT2D eigenvalue weighted by Gasteiger charge is 2.14. The first-order valence-electron chi connectivity index (χ1n) is 11.8. The van der Waals surface area contributed by atoms with Gasteiger partial charge in [-0.15, -0.1) is 0 Å². The van der Waals surface area contributed by atoms with E-state index in [1.54, 1.807) is 0 Å². The van der Waals surface area contributed by atoms with Crippen LogP contribution in [0.2, 0.25) is 0 Å². The molecule has 1 heterocycles. The lowest BCUT2D eigenvalue weighted by molar-refractivity contribution is -0.672. The van der Waals surface area contributed by atoms with Gasteiger partial charge in [-0.05, 0) is 37.8 Å². The van der Waals surface area contributed by atoms with E-state index in [1.807, 2.05) is 0 Å². The zero-order valence-corrected chi connectivity index (χ0v) is 18.1. The molecule has 1 aromatic heterocycles. The van der Waals surface area contributed by atoms with Gasteiger partial charge in [-0.1, -0.05) is 90.2 Å². The monoisotopic (exact) mass is 371 g/mol. The van der Waals surface area contributed by atoms with Gasteiger partial charge in [0.15, 0.2) is 11.0 Å². The normalized spacial score (nSPS) is 11.5. The van der Waals surface area contributed by atoms with Crippen molar-refractivity contribution in [1.29, 1.82) is 0 Å². The maximum Gasteiger partial charge on any atom is 0.244 e. The number of aryl methyl sites for hydroxylation is 2. The summed E-state index contributed by atoms with van der Waals surface area (Å²) in [6.07, 6.45) is 21.7. The Labute approximate surface area is 168 Å². The van der Waals surface area contributed by atoms with E-state index >= 15 is 0 Å². The van der Waals surface area contributed by atoms with Gasteiger partial charge in [0, 0.05) is 0 Å². The highest BCUT2D eigenvalue weighted by molar-refractivity contribution is 5.71.